The lowest BCUT2D eigenvalue weighted by molar-refractivity contribution is 0.228. The Morgan fingerprint density at radius 2 is 1.90 bits per heavy atom. The monoisotopic (exact) mass is 281 g/mol. The molecule has 4 rings (SSSR count). The van der Waals surface area contributed by atoms with E-state index < -0.39 is 0 Å². The fourth-order valence-electron chi connectivity index (χ4n) is 3.03. The molecule has 3 nitrogen and oxygen atoms in total. The van der Waals surface area contributed by atoms with Gasteiger partial charge in [0.15, 0.2) is 11.5 Å². The van der Waals surface area contributed by atoms with Crippen LogP contribution in [0.3, 0.4) is 0 Å². The van der Waals surface area contributed by atoms with Gasteiger partial charge in [0, 0.05) is 18.2 Å². The van der Waals surface area contributed by atoms with Crippen LogP contribution in [0.1, 0.15) is 12.5 Å². The van der Waals surface area contributed by atoms with Gasteiger partial charge in [0.05, 0.1) is 13.2 Å². The molecule has 2 heterocycles. The zero-order valence-electron chi connectivity index (χ0n) is 12.2. The summed E-state index contributed by atoms with van der Waals surface area (Å²) in [6.07, 6.45) is 1.08. The van der Waals surface area contributed by atoms with Crippen LogP contribution in [-0.2, 0) is 6.42 Å². The number of anilines is 1. The number of nitrogens with one attached hydrogen (secondary N) is 1. The van der Waals surface area contributed by atoms with Gasteiger partial charge >= 0.3 is 0 Å². The van der Waals surface area contributed by atoms with E-state index in [4.69, 9.17) is 9.47 Å². The van der Waals surface area contributed by atoms with Crippen LogP contribution in [0.15, 0.2) is 36.4 Å². The summed E-state index contributed by atoms with van der Waals surface area (Å²) in [4.78, 5) is 0. The average molecular weight is 281 g/mol. The summed E-state index contributed by atoms with van der Waals surface area (Å²) >= 11 is 0. The molecule has 2 aliphatic rings. The highest BCUT2D eigenvalue weighted by atomic mass is 16.5. The maximum atomic E-state index is 5.90. The van der Waals surface area contributed by atoms with Crippen molar-refractivity contribution in [3.05, 3.63) is 42.0 Å². The van der Waals surface area contributed by atoms with E-state index in [2.05, 4.69) is 42.6 Å². The minimum absolute atomic E-state index is 0.422. The summed E-state index contributed by atoms with van der Waals surface area (Å²) in [5.74, 6) is 2.14. The Morgan fingerprint density at radius 3 is 2.81 bits per heavy atom. The molecule has 108 valence electrons. The average Bonchev–Trinajstić information content (AvgIpc) is 2.92. The fraction of sp³-hybridized carbons (Fsp3) is 0.333. The van der Waals surface area contributed by atoms with Crippen molar-refractivity contribution in [2.45, 2.75) is 13.3 Å². The lowest BCUT2D eigenvalue weighted by atomic mass is 9.97. The molecule has 0 saturated carbocycles. The SMILES string of the molecule is CC1COc2ccc(-c3cccc4c3CCN4)cc2OC1. The van der Waals surface area contributed by atoms with Crippen molar-refractivity contribution in [1.29, 1.82) is 0 Å². The summed E-state index contributed by atoms with van der Waals surface area (Å²) in [5, 5.41) is 3.43. The molecule has 0 saturated heterocycles. The van der Waals surface area contributed by atoms with Crippen LogP contribution in [0.25, 0.3) is 11.1 Å². The summed E-state index contributed by atoms with van der Waals surface area (Å²) in [6, 6.07) is 12.7. The fourth-order valence-corrected chi connectivity index (χ4v) is 3.03. The predicted molar refractivity (Wildman–Crippen MR) is 84.2 cm³/mol. The molecule has 0 fully saturated rings. The quantitative estimate of drug-likeness (QED) is 0.864. The Kier molecular flexibility index (Phi) is 2.99. The second kappa shape index (κ2) is 4.99. The number of rotatable bonds is 1. The van der Waals surface area contributed by atoms with Crippen molar-refractivity contribution < 1.29 is 9.47 Å². The van der Waals surface area contributed by atoms with Gasteiger partial charge in [0.1, 0.15) is 0 Å². The number of ether oxygens (including phenoxy) is 2. The predicted octanol–water partition coefficient (Wildman–Crippen LogP) is 3.73. The summed E-state index contributed by atoms with van der Waals surface area (Å²) < 4.78 is 11.7. The third-order valence-electron chi connectivity index (χ3n) is 4.17. The van der Waals surface area contributed by atoms with Gasteiger partial charge in [-0.15, -0.1) is 0 Å². The van der Waals surface area contributed by atoms with Crippen molar-refractivity contribution in [1.82, 2.24) is 0 Å². The molecule has 1 atom stereocenters. The van der Waals surface area contributed by atoms with E-state index in [-0.39, 0.29) is 0 Å². The molecule has 1 unspecified atom stereocenters. The first-order valence-corrected chi connectivity index (χ1v) is 7.57. The van der Waals surface area contributed by atoms with Gasteiger partial charge in [-0.25, -0.2) is 0 Å². The Hall–Kier alpha value is -2.16. The Bertz CT molecular complexity index is 681. The van der Waals surface area contributed by atoms with Gasteiger partial charge < -0.3 is 14.8 Å². The lowest BCUT2D eigenvalue weighted by Crippen LogP contribution is -2.12. The molecule has 2 aromatic carbocycles. The van der Waals surface area contributed by atoms with Crippen molar-refractivity contribution in [2.24, 2.45) is 5.92 Å². The van der Waals surface area contributed by atoms with Crippen LogP contribution in [0.4, 0.5) is 5.69 Å². The standard InChI is InChI=1S/C18H19NO2/c1-12-10-20-17-6-5-13(9-18(17)21-11-12)14-3-2-4-16-15(14)7-8-19-16/h2-6,9,12,19H,7-8,10-11H2,1H3. The van der Waals surface area contributed by atoms with Gasteiger partial charge in [-0.2, -0.15) is 0 Å². The summed E-state index contributed by atoms with van der Waals surface area (Å²) in [5.41, 5.74) is 5.15. The zero-order chi connectivity index (χ0) is 14.2. The molecule has 1 N–H and O–H groups in total. The first-order chi connectivity index (χ1) is 10.3. The van der Waals surface area contributed by atoms with Gasteiger partial charge in [-0.1, -0.05) is 25.1 Å². The first-order valence-electron chi connectivity index (χ1n) is 7.57. The molecule has 0 spiro atoms. The van der Waals surface area contributed by atoms with Crippen LogP contribution >= 0.6 is 0 Å². The van der Waals surface area contributed by atoms with E-state index in [0.29, 0.717) is 12.5 Å². The van der Waals surface area contributed by atoms with Crippen LogP contribution in [0.2, 0.25) is 0 Å². The molecular weight excluding hydrogens is 262 g/mol. The van der Waals surface area contributed by atoms with E-state index in [0.717, 1.165) is 31.1 Å². The minimum atomic E-state index is 0.422. The highest BCUT2D eigenvalue weighted by molar-refractivity contribution is 5.77. The van der Waals surface area contributed by atoms with Gasteiger partial charge in [0.25, 0.3) is 0 Å². The van der Waals surface area contributed by atoms with Gasteiger partial charge in [0.2, 0.25) is 0 Å². The van der Waals surface area contributed by atoms with Crippen LogP contribution in [-0.4, -0.2) is 19.8 Å². The molecule has 0 amide bonds. The van der Waals surface area contributed by atoms with Gasteiger partial charge in [-0.3, -0.25) is 0 Å². The number of fused-ring (bicyclic) bond motifs is 2. The second-order valence-electron chi connectivity index (χ2n) is 5.90. The Balaban J connectivity index is 1.76. The van der Waals surface area contributed by atoms with Crippen molar-refractivity contribution >= 4 is 5.69 Å². The van der Waals surface area contributed by atoms with E-state index in [1.807, 2.05) is 6.07 Å². The third kappa shape index (κ3) is 2.23. The topological polar surface area (TPSA) is 30.5 Å². The number of hydrogen-bond acceptors (Lipinski definition) is 3. The van der Waals surface area contributed by atoms with E-state index in [9.17, 15) is 0 Å². The number of hydrogen-bond donors (Lipinski definition) is 1. The van der Waals surface area contributed by atoms with E-state index in [1.165, 1.54) is 22.4 Å². The maximum Gasteiger partial charge on any atom is 0.161 e. The van der Waals surface area contributed by atoms with Crippen LogP contribution < -0.4 is 14.8 Å². The van der Waals surface area contributed by atoms with Crippen molar-refractivity contribution in [3.63, 3.8) is 0 Å². The highest BCUT2D eigenvalue weighted by Crippen LogP contribution is 2.38. The first kappa shape index (κ1) is 12.6. The van der Waals surface area contributed by atoms with E-state index >= 15 is 0 Å². The van der Waals surface area contributed by atoms with E-state index in [1.54, 1.807) is 0 Å². The molecule has 3 heteroatoms. The highest BCUT2D eigenvalue weighted by Gasteiger charge is 2.18. The zero-order valence-corrected chi connectivity index (χ0v) is 12.2. The molecule has 2 aliphatic heterocycles. The molecule has 0 aliphatic carbocycles. The molecule has 2 aromatic rings. The number of benzene rings is 2. The maximum absolute atomic E-state index is 5.90. The molecular formula is C18H19NO2. The molecule has 0 aromatic heterocycles. The second-order valence-corrected chi connectivity index (χ2v) is 5.90. The Morgan fingerprint density at radius 1 is 1.05 bits per heavy atom. The van der Waals surface area contributed by atoms with Crippen molar-refractivity contribution in [2.75, 3.05) is 25.1 Å². The molecule has 0 bridgehead atoms. The Labute approximate surface area is 124 Å². The smallest absolute Gasteiger partial charge is 0.161 e. The lowest BCUT2D eigenvalue weighted by Gasteiger charge is -2.12. The van der Waals surface area contributed by atoms with Gasteiger partial charge in [-0.05, 0) is 41.3 Å². The van der Waals surface area contributed by atoms with Crippen LogP contribution in [0.5, 0.6) is 11.5 Å². The molecule has 0 radical (unpaired) electrons. The summed E-state index contributed by atoms with van der Waals surface area (Å²) in [6.45, 7) is 4.60. The minimum Gasteiger partial charge on any atom is -0.489 e. The van der Waals surface area contributed by atoms with Crippen LogP contribution in [0, 0.1) is 5.92 Å². The normalized spacial score (nSPS) is 19.6. The third-order valence-corrected chi connectivity index (χ3v) is 4.17. The molecule has 21 heavy (non-hydrogen) atoms. The largest absolute Gasteiger partial charge is 0.489 e. The summed E-state index contributed by atoms with van der Waals surface area (Å²) in [7, 11) is 0. The van der Waals surface area contributed by atoms with Crippen molar-refractivity contribution in [3.8, 4) is 22.6 Å².